The smallest absolute Gasteiger partial charge is 0.277 e. The molecule has 0 atom stereocenters. The van der Waals surface area contributed by atoms with Gasteiger partial charge in [0, 0.05) is 24.0 Å². The molecule has 2 aromatic carbocycles. The van der Waals surface area contributed by atoms with Gasteiger partial charge >= 0.3 is 0 Å². The molecule has 4 N–H and O–H groups in total. The minimum atomic E-state index is -3.48. The number of anilines is 4. The molecule has 34 heavy (non-hydrogen) atoms. The van der Waals surface area contributed by atoms with E-state index in [0.717, 1.165) is 46.7 Å². The SMILES string of the molecule is COc1c(C)cc(Nc2ncc(Cl)c(Nc3ccc(CNS(=O)(=O)NC4CC4)cc3)n2)cc1C. The highest BCUT2D eigenvalue weighted by atomic mass is 35.5. The lowest BCUT2D eigenvalue weighted by Crippen LogP contribution is -2.37. The van der Waals surface area contributed by atoms with Crippen molar-refractivity contribution in [1.29, 1.82) is 0 Å². The molecule has 1 fully saturated rings. The summed E-state index contributed by atoms with van der Waals surface area (Å²) in [6, 6.07) is 11.3. The molecule has 11 heteroatoms. The summed E-state index contributed by atoms with van der Waals surface area (Å²) in [7, 11) is -1.83. The first-order chi connectivity index (χ1) is 16.2. The number of ether oxygens (including phenoxy) is 1. The zero-order valence-electron chi connectivity index (χ0n) is 19.1. The summed E-state index contributed by atoms with van der Waals surface area (Å²) in [6.45, 7) is 4.15. The number of rotatable bonds is 10. The van der Waals surface area contributed by atoms with Crippen LogP contribution in [-0.4, -0.2) is 31.5 Å². The maximum absolute atomic E-state index is 12.0. The highest BCUT2D eigenvalue weighted by Crippen LogP contribution is 2.29. The van der Waals surface area contributed by atoms with Crippen molar-refractivity contribution >= 4 is 45.0 Å². The van der Waals surface area contributed by atoms with Gasteiger partial charge in [0.15, 0.2) is 5.82 Å². The largest absolute Gasteiger partial charge is 0.496 e. The van der Waals surface area contributed by atoms with Crippen LogP contribution >= 0.6 is 11.6 Å². The normalized spacial score (nSPS) is 13.5. The van der Waals surface area contributed by atoms with Crippen LogP contribution in [-0.2, 0) is 16.8 Å². The van der Waals surface area contributed by atoms with Crippen molar-refractivity contribution in [3.8, 4) is 5.75 Å². The predicted molar refractivity (Wildman–Crippen MR) is 134 cm³/mol. The Morgan fingerprint density at radius 1 is 1.06 bits per heavy atom. The molecular weight excluding hydrogens is 476 g/mol. The van der Waals surface area contributed by atoms with Crippen LogP contribution < -0.4 is 24.8 Å². The third-order valence-corrected chi connectivity index (χ3v) is 6.69. The highest BCUT2D eigenvalue weighted by molar-refractivity contribution is 7.87. The molecule has 0 saturated heterocycles. The summed E-state index contributed by atoms with van der Waals surface area (Å²) in [5, 5.41) is 6.75. The number of hydrogen-bond donors (Lipinski definition) is 4. The fraction of sp³-hybridized carbons (Fsp3) is 0.304. The van der Waals surface area contributed by atoms with E-state index in [1.807, 2.05) is 50.2 Å². The van der Waals surface area contributed by atoms with E-state index in [9.17, 15) is 8.42 Å². The van der Waals surface area contributed by atoms with E-state index >= 15 is 0 Å². The predicted octanol–water partition coefficient (Wildman–Crippen LogP) is 4.33. The van der Waals surface area contributed by atoms with Gasteiger partial charge in [0.25, 0.3) is 10.2 Å². The quantitative estimate of drug-likeness (QED) is 0.326. The van der Waals surface area contributed by atoms with Crippen LogP contribution in [0.2, 0.25) is 5.02 Å². The topological polar surface area (TPSA) is 117 Å². The Bertz CT molecular complexity index is 1260. The Morgan fingerprint density at radius 2 is 1.74 bits per heavy atom. The van der Waals surface area contributed by atoms with E-state index in [2.05, 4.69) is 30.0 Å². The number of hydrogen-bond acceptors (Lipinski definition) is 7. The summed E-state index contributed by atoms with van der Waals surface area (Å²) < 4.78 is 34.5. The minimum absolute atomic E-state index is 0.0684. The summed E-state index contributed by atoms with van der Waals surface area (Å²) in [6.07, 6.45) is 3.31. The van der Waals surface area contributed by atoms with Crippen LogP contribution in [0, 0.1) is 13.8 Å². The fourth-order valence-corrected chi connectivity index (χ4v) is 4.72. The molecule has 4 rings (SSSR count). The second-order valence-electron chi connectivity index (χ2n) is 8.20. The standard InChI is InChI=1S/C23H27ClN6O3S/c1-14-10-19(11-15(2)21(14)33-3)28-23-25-13-20(24)22(29-23)27-17-6-4-16(5-7-17)12-26-34(31,32)30-18-8-9-18/h4-7,10-11,13,18,26,30H,8-9,12H2,1-3H3,(H2,25,27,28,29). The molecule has 1 aliphatic carbocycles. The van der Waals surface area contributed by atoms with Gasteiger partial charge in [-0.3, -0.25) is 0 Å². The van der Waals surface area contributed by atoms with E-state index in [4.69, 9.17) is 16.3 Å². The number of methoxy groups -OCH3 is 1. The van der Waals surface area contributed by atoms with Crippen molar-refractivity contribution in [3.05, 3.63) is 64.3 Å². The van der Waals surface area contributed by atoms with Gasteiger partial charge in [-0.15, -0.1) is 0 Å². The molecule has 1 saturated carbocycles. The van der Waals surface area contributed by atoms with E-state index in [1.165, 1.54) is 6.20 Å². The van der Waals surface area contributed by atoms with Crippen molar-refractivity contribution in [2.75, 3.05) is 17.7 Å². The van der Waals surface area contributed by atoms with Crippen LogP contribution in [0.1, 0.15) is 29.5 Å². The van der Waals surface area contributed by atoms with Gasteiger partial charge in [0.05, 0.1) is 13.3 Å². The maximum atomic E-state index is 12.0. The first kappa shape index (κ1) is 24.2. The third-order valence-electron chi connectivity index (χ3n) is 5.25. The Hall–Kier alpha value is -2.92. The molecule has 0 spiro atoms. The molecule has 3 aromatic rings. The van der Waals surface area contributed by atoms with Gasteiger partial charge in [-0.2, -0.15) is 22.8 Å². The molecule has 0 unspecified atom stereocenters. The molecular formula is C23H27ClN6O3S. The number of aryl methyl sites for hydroxylation is 2. The van der Waals surface area contributed by atoms with Gasteiger partial charge < -0.3 is 15.4 Å². The fourth-order valence-electron chi connectivity index (χ4n) is 3.47. The van der Waals surface area contributed by atoms with Crippen LogP contribution in [0.25, 0.3) is 0 Å². The summed E-state index contributed by atoms with van der Waals surface area (Å²) in [5.74, 6) is 1.69. The maximum Gasteiger partial charge on any atom is 0.277 e. The second-order valence-corrected chi connectivity index (χ2v) is 10.1. The monoisotopic (exact) mass is 502 g/mol. The van der Waals surface area contributed by atoms with Gasteiger partial charge in [-0.1, -0.05) is 23.7 Å². The average molecular weight is 503 g/mol. The number of benzene rings is 2. The highest BCUT2D eigenvalue weighted by Gasteiger charge is 2.26. The molecule has 1 aromatic heterocycles. The summed E-state index contributed by atoms with van der Waals surface area (Å²) in [4.78, 5) is 8.76. The molecule has 0 radical (unpaired) electrons. The molecule has 1 heterocycles. The molecule has 0 bridgehead atoms. The lowest BCUT2D eigenvalue weighted by atomic mass is 10.1. The first-order valence-electron chi connectivity index (χ1n) is 10.8. The van der Waals surface area contributed by atoms with Gasteiger partial charge in [-0.25, -0.2) is 4.98 Å². The van der Waals surface area contributed by atoms with E-state index < -0.39 is 10.2 Å². The van der Waals surface area contributed by atoms with Crippen molar-refractivity contribution in [3.63, 3.8) is 0 Å². The molecule has 0 aliphatic heterocycles. The summed E-state index contributed by atoms with van der Waals surface area (Å²) >= 11 is 6.30. The van der Waals surface area contributed by atoms with E-state index in [1.54, 1.807) is 7.11 Å². The van der Waals surface area contributed by atoms with Crippen LogP contribution in [0.15, 0.2) is 42.6 Å². The number of nitrogens with zero attached hydrogens (tertiary/aromatic N) is 2. The average Bonchev–Trinajstić information content (AvgIpc) is 3.59. The molecule has 9 nitrogen and oxygen atoms in total. The van der Waals surface area contributed by atoms with Crippen molar-refractivity contribution in [2.24, 2.45) is 0 Å². The van der Waals surface area contributed by atoms with Crippen LogP contribution in [0.4, 0.5) is 23.1 Å². The van der Waals surface area contributed by atoms with E-state index in [-0.39, 0.29) is 12.6 Å². The van der Waals surface area contributed by atoms with Gasteiger partial charge in [-0.05, 0) is 67.6 Å². The Morgan fingerprint density at radius 3 is 2.35 bits per heavy atom. The Kier molecular flexibility index (Phi) is 7.22. The number of halogens is 1. The lowest BCUT2D eigenvalue weighted by molar-refractivity contribution is 0.408. The Labute approximate surface area is 204 Å². The summed E-state index contributed by atoms with van der Waals surface area (Å²) in [5.41, 5.74) is 4.43. The van der Waals surface area contributed by atoms with Crippen molar-refractivity contribution in [1.82, 2.24) is 19.4 Å². The molecule has 1 aliphatic rings. The lowest BCUT2D eigenvalue weighted by Gasteiger charge is -2.13. The van der Waals surface area contributed by atoms with E-state index in [0.29, 0.717) is 16.8 Å². The number of aromatic nitrogens is 2. The van der Waals surface area contributed by atoms with Crippen LogP contribution in [0.5, 0.6) is 5.75 Å². The second kappa shape index (κ2) is 10.1. The zero-order valence-corrected chi connectivity index (χ0v) is 20.7. The van der Waals surface area contributed by atoms with Gasteiger partial charge in [0.2, 0.25) is 5.95 Å². The number of nitrogens with one attached hydrogen (secondary N) is 4. The van der Waals surface area contributed by atoms with Gasteiger partial charge in [0.1, 0.15) is 10.8 Å². The van der Waals surface area contributed by atoms with Crippen LogP contribution in [0.3, 0.4) is 0 Å². The van der Waals surface area contributed by atoms with Crippen molar-refractivity contribution in [2.45, 2.75) is 39.3 Å². The molecule has 180 valence electrons. The molecule has 0 amide bonds. The van der Waals surface area contributed by atoms with Crippen molar-refractivity contribution < 1.29 is 13.2 Å². The minimum Gasteiger partial charge on any atom is -0.496 e. The first-order valence-corrected chi connectivity index (χ1v) is 12.7. The zero-order chi connectivity index (χ0) is 24.3. The third kappa shape index (κ3) is 6.35. The Balaban J connectivity index is 1.41.